The lowest BCUT2D eigenvalue weighted by molar-refractivity contribution is -0.192. The SMILES string of the molecule is O=C(O)C(F)(F)F.O=C(O)CCSSCCNC(=O)c1ccn(-c2cccc(F)c2)n1. The van der Waals surface area contributed by atoms with E-state index in [4.69, 9.17) is 15.0 Å². The van der Waals surface area contributed by atoms with Gasteiger partial charge in [0.05, 0.1) is 12.1 Å². The summed E-state index contributed by atoms with van der Waals surface area (Å²) >= 11 is 0. The van der Waals surface area contributed by atoms with E-state index in [1.807, 2.05) is 0 Å². The van der Waals surface area contributed by atoms with Crippen LogP contribution in [0.1, 0.15) is 16.9 Å². The maximum atomic E-state index is 13.2. The number of carbonyl (C=O) groups is 3. The predicted octanol–water partition coefficient (Wildman–Crippen LogP) is 3.23. The Morgan fingerprint density at radius 3 is 2.32 bits per heavy atom. The fourth-order valence-corrected chi connectivity index (χ4v) is 3.64. The first-order valence-corrected chi connectivity index (χ1v) is 10.9. The Morgan fingerprint density at radius 1 is 1.10 bits per heavy atom. The van der Waals surface area contributed by atoms with Crippen LogP contribution in [0.15, 0.2) is 36.5 Å². The van der Waals surface area contributed by atoms with Crippen molar-refractivity contribution in [2.75, 3.05) is 18.1 Å². The van der Waals surface area contributed by atoms with Crippen molar-refractivity contribution in [3.8, 4) is 5.69 Å². The molecule has 0 saturated heterocycles. The summed E-state index contributed by atoms with van der Waals surface area (Å²) in [7, 11) is 2.97. The molecule has 1 aromatic carbocycles. The van der Waals surface area contributed by atoms with Crippen LogP contribution in [-0.2, 0) is 9.59 Å². The van der Waals surface area contributed by atoms with Gasteiger partial charge in [0.2, 0.25) is 0 Å². The number of nitrogens with zero attached hydrogens (tertiary/aromatic N) is 2. The smallest absolute Gasteiger partial charge is 0.481 e. The van der Waals surface area contributed by atoms with Crippen molar-refractivity contribution in [2.45, 2.75) is 12.6 Å². The van der Waals surface area contributed by atoms with Gasteiger partial charge in [-0.15, -0.1) is 0 Å². The van der Waals surface area contributed by atoms with Gasteiger partial charge in [0, 0.05) is 24.2 Å². The maximum absolute atomic E-state index is 13.2. The lowest BCUT2D eigenvalue weighted by Gasteiger charge is -2.03. The Balaban J connectivity index is 0.000000592. The molecular weight excluding hydrogens is 466 g/mol. The molecule has 8 nitrogen and oxygen atoms in total. The van der Waals surface area contributed by atoms with Crippen molar-refractivity contribution in [1.29, 1.82) is 0 Å². The summed E-state index contributed by atoms with van der Waals surface area (Å²) in [6.45, 7) is 0.455. The Morgan fingerprint density at radius 2 is 1.74 bits per heavy atom. The highest BCUT2D eigenvalue weighted by Crippen LogP contribution is 2.21. The molecule has 0 aliphatic carbocycles. The number of amides is 1. The van der Waals surface area contributed by atoms with Crippen LogP contribution in [0.5, 0.6) is 0 Å². The summed E-state index contributed by atoms with van der Waals surface area (Å²) in [5.41, 5.74) is 0.794. The number of carboxylic acid groups (broad SMARTS) is 2. The second-order valence-corrected chi connectivity index (χ2v) is 8.17. The van der Waals surface area contributed by atoms with E-state index in [2.05, 4.69) is 10.4 Å². The highest BCUT2D eigenvalue weighted by molar-refractivity contribution is 8.76. The van der Waals surface area contributed by atoms with Gasteiger partial charge in [0.25, 0.3) is 5.91 Å². The van der Waals surface area contributed by atoms with E-state index in [-0.39, 0.29) is 23.8 Å². The minimum atomic E-state index is -5.08. The van der Waals surface area contributed by atoms with E-state index in [1.54, 1.807) is 24.4 Å². The van der Waals surface area contributed by atoms with Crippen LogP contribution in [0.2, 0.25) is 0 Å². The number of hydrogen-bond acceptors (Lipinski definition) is 6. The number of hydrogen-bond donors (Lipinski definition) is 3. The molecule has 14 heteroatoms. The number of aromatic nitrogens is 2. The first-order chi connectivity index (χ1) is 14.5. The molecule has 2 aromatic rings. The third kappa shape index (κ3) is 10.7. The maximum Gasteiger partial charge on any atom is 0.490 e. The highest BCUT2D eigenvalue weighted by Gasteiger charge is 2.38. The Kier molecular flexibility index (Phi) is 10.9. The quantitative estimate of drug-likeness (QED) is 0.282. The number of aliphatic carboxylic acids is 2. The van der Waals surface area contributed by atoms with Crippen LogP contribution in [0.4, 0.5) is 17.6 Å². The van der Waals surface area contributed by atoms with Gasteiger partial charge in [0.1, 0.15) is 5.82 Å². The van der Waals surface area contributed by atoms with Crippen LogP contribution in [-0.4, -0.2) is 62.1 Å². The van der Waals surface area contributed by atoms with Crippen LogP contribution in [0.3, 0.4) is 0 Å². The zero-order chi connectivity index (χ0) is 23.4. The number of alkyl halides is 3. The van der Waals surface area contributed by atoms with Gasteiger partial charge in [0.15, 0.2) is 5.69 Å². The Bertz CT molecular complexity index is 893. The average Bonchev–Trinajstić information content (AvgIpc) is 3.17. The Hall–Kier alpha value is -2.74. The molecule has 0 radical (unpaired) electrons. The average molecular weight is 483 g/mol. The van der Waals surface area contributed by atoms with Crippen LogP contribution in [0.25, 0.3) is 5.69 Å². The van der Waals surface area contributed by atoms with Crippen molar-refractivity contribution in [1.82, 2.24) is 15.1 Å². The van der Waals surface area contributed by atoms with Crippen LogP contribution >= 0.6 is 21.6 Å². The molecule has 0 atom stereocenters. The standard InChI is InChI=1S/C15H16FN3O3S2.C2HF3O2/c16-11-2-1-3-12(10-11)19-7-4-13(18-19)15(22)17-6-9-24-23-8-5-14(20)21;3-2(4,5)1(6)7/h1-4,7,10H,5-6,8-9H2,(H,17,22)(H,20,21);(H,6,7). The third-order valence-electron chi connectivity index (χ3n) is 3.09. The summed E-state index contributed by atoms with van der Waals surface area (Å²) < 4.78 is 46.4. The number of carbonyl (C=O) groups excluding carboxylic acids is 1. The molecule has 0 bridgehead atoms. The van der Waals surface area contributed by atoms with Crippen molar-refractivity contribution >= 4 is 39.4 Å². The number of carboxylic acids is 2. The van der Waals surface area contributed by atoms with Crippen LogP contribution in [0, 0.1) is 5.82 Å². The van der Waals surface area contributed by atoms with E-state index < -0.39 is 18.1 Å². The number of nitrogens with one attached hydrogen (secondary N) is 1. The van der Waals surface area contributed by atoms with Crippen molar-refractivity contribution in [2.24, 2.45) is 0 Å². The second-order valence-electron chi connectivity index (χ2n) is 5.47. The number of rotatable bonds is 9. The third-order valence-corrected chi connectivity index (χ3v) is 5.50. The van der Waals surface area contributed by atoms with E-state index >= 15 is 0 Å². The molecule has 0 saturated carbocycles. The summed E-state index contributed by atoms with van der Waals surface area (Å²) in [6.07, 6.45) is -3.36. The fraction of sp³-hybridized carbons (Fsp3) is 0.294. The summed E-state index contributed by atoms with van der Waals surface area (Å²) in [4.78, 5) is 31.2. The molecule has 3 N–H and O–H groups in total. The monoisotopic (exact) mass is 483 g/mol. The molecule has 31 heavy (non-hydrogen) atoms. The van der Waals surface area contributed by atoms with Crippen molar-refractivity contribution in [3.63, 3.8) is 0 Å². The Labute approximate surface area is 181 Å². The molecule has 0 aliphatic heterocycles. The van der Waals surface area contributed by atoms with Crippen molar-refractivity contribution in [3.05, 3.63) is 48.0 Å². The molecule has 0 aliphatic rings. The van der Waals surface area contributed by atoms with Gasteiger partial charge in [-0.1, -0.05) is 27.7 Å². The van der Waals surface area contributed by atoms with E-state index in [9.17, 15) is 27.2 Å². The lowest BCUT2D eigenvalue weighted by Crippen LogP contribution is -2.26. The largest absolute Gasteiger partial charge is 0.490 e. The molecule has 0 fully saturated rings. The normalized spacial score (nSPS) is 10.7. The second kappa shape index (κ2) is 12.8. The zero-order valence-electron chi connectivity index (χ0n) is 15.6. The molecule has 0 unspecified atom stereocenters. The first-order valence-electron chi connectivity index (χ1n) is 8.37. The highest BCUT2D eigenvalue weighted by atomic mass is 33.1. The van der Waals surface area contributed by atoms with E-state index in [0.717, 1.165) is 0 Å². The summed E-state index contributed by atoms with van der Waals surface area (Å²) in [5.74, 6) is -3.04. The van der Waals surface area contributed by atoms with Gasteiger partial charge in [-0.25, -0.2) is 13.9 Å². The summed E-state index contributed by atoms with van der Waals surface area (Å²) in [6, 6.07) is 7.51. The molecule has 1 heterocycles. The minimum absolute atomic E-state index is 0.127. The van der Waals surface area contributed by atoms with Gasteiger partial charge < -0.3 is 15.5 Å². The van der Waals surface area contributed by atoms with Gasteiger partial charge >= 0.3 is 18.1 Å². The molecule has 170 valence electrons. The fourth-order valence-electron chi connectivity index (χ4n) is 1.75. The lowest BCUT2D eigenvalue weighted by atomic mass is 10.3. The number of benzene rings is 1. The summed E-state index contributed by atoms with van der Waals surface area (Å²) in [5, 5.41) is 22.5. The van der Waals surface area contributed by atoms with Crippen LogP contribution < -0.4 is 5.32 Å². The molecule has 2 rings (SSSR count). The predicted molar refractivity (Wildman–Crippen MR) is 107 cm³/mol. The molecular formula is C17H17F4N3O5S2. The van der Waals surface area contributed by atoms with E-state index in [0.29, 0.717) is 23.7 Å². The topological polar surface area (TPSA) is 122 Å². The minimum Gasteiger partial charge on any atom is -0.481 e. The van der Waals surface area contributed by atoms with Gasteiger partial charge in [-0.05, 0) is 24.3 Å². The zero-order valence-corrected chi connectivity index (χ0v) is 17.3. The molecule has 0 spiro atoms. The van der Waals surface area contributed by atoms with Crippen molar-refractivity contribution < 1.29 is 42.2 Å². The molecule has 1 aromatic heterocycles. The van der Waals surface area contributed by atoms with Gasteiger partial charge in [-0.2, -0.15) is 18.3 Å². The molecule has 1 amide bonds. The number of halogens is 4. The van der Waals surface area contributed by atoms with E-state index in [1.165, 1.54) is 38.4 Å². The first kappa shape index (κ1) is 26.3. The van der Waals surface area contributed by atoms with Gasteiger partial charge in [-0.3, -0.25) is 9.59 Å².